The number of benzene rings is 1. The number of hydrogen-bond donors (Lipinski definition) is 1. The van der Waals surface area contributed by atoms with Gasteiger partial charge in [-0.15, -0.1) is 5.10 Å². The van der Waals surface area contributed by atoms with E-state index in [2.05, 4.69) is 10.1 Å². The second kappa shape index (κ2) is 4.47. The molecule has 2 aromatic heterocycles. The van der Waals surface area contributed by atoms with Gasteiger partial charge in [-0.05, 0) is 12.1 Å². The van der Waals surface area contributed by atoms with E-state index in [4.69, 9.17) is 22.3 Å². The zero-order chi connectivity index (χ0) is 14.5. The third kappa shape index (κ3) is 2.07. The smallest absolute Gasteiger partial charge is 0.263 e. The summed E-state index contributed by atoms with van der Waals surface area (Å²) in [5.41, 5.74) is 0.749. The molecule has 5 nitrogen and oxygen atoms in total. The van der Waals surface area contributed by atoms with Crippen molar-refractivity contribution in [1.29, 1.82) is 0 Å². The van der Waals surface area contributed by atoms with E-state index in [1.54, 1.807) is 0 Å². The predicted octanol–water partition coefficient (Wildman–Crippen LogP) is 3.07. The van der Waals surface area contributed by atoms with Crippen molar-refractivity contribution in [2.75, 3.05) is 0 Å². The summed E-state index contributed by atoms with van der Waals surface area (Å²) in [5, 5.41) is 4.28. The molecule has 0 amide bonds. The summed E-state index contributed by atoms with van der Waals surface area (Å²) in [4.78, 5) is 2.71. The first-order chi connectivity index (χ1) is 9.38. The van der Waals surface area contributed by atoms with Gasteiger partial charge in [0.2, 0.25) is 5.95 Å². The Morgan fingerprint density at radius 3 is 2.65 bits per heavy atom. The van der Waals surface area contributed by atoms with Crippen LogP contribution < -0.4 is 0 Å². The van der Waals surface area contributed by atoms with Crippen LogP contribution in [0, 0.1) is 5.95 Å². The number of hydrogen-bond acceptors (Lipinski definition) is 3. The van der Waals surface area contributed by atoms with Crippen LogP contribution in [0.4, 0.5) is 4.39 Å². The van der Waals surface area contributed by atoms with E-state index < -0.39 is 15.0 Å². The standard InChI is InChI=1S/C11H6Cl2FN3O2S/c12-7-2-1-6-8(20(13,18)19)5-15-10(6)11(7)17-4-3-9(14)16-17/h1-5,15H. The van der Waals surface area contributed by atoms with E-state index >= 15 is 0 Å². The summed E-state index contributed by atoms with van der Waals surface area (Å²) >= 11 is 6.08. The van der Waals surface area contributed by atoms with Gasteiger partial charge in [-0.2, -0.15) is 4.39 Å². The van der Waals surface area contributed by atoms with E-state index in [0.717, 1.165) is 6.07 Å². The highest BCUT2D eigenvalue weighted by molar-refractivity contribution is 8.14. The van der Waals surface area contributed by atoms with Crippen LogP contribution in [-0.4, -0.2) is 23.2 Å². The molecule has 3 aromatic rings. The number of aromatic nitrogens is 3. The van der Waals surface area contributed by atoms with Crippen LogP contribution >= 0.6 is 22.3 Å². The first kappa shape index (κ1) is 13.4. The van der Waals surface area contributed by atoms with Gasteiger partial charge in [-0.1, -0.05) is 11.6 Å². The summed E-state index contributed by atoms with van der Waals surface area (Å²) in [6.07, 6.45) is 2.64. The second-order valence-electron chi connectivity index (χ2n) is 3.99. The molecule has 0 aliphatic carbocycles. The molecular formula is C11H6Cl2FN3O2S. The molecule has 104 valence electrons. The summed E-state index contributed by atoms with van der Waals surface area (Å²) in [7, 11) is 1.46. The third-order valence-corrected chi connectivity index (χ3v) is 4.46. The van der Waals surface area contributed by atoms with Crippen LogP contribution in [0.5, 0.6) is 0 Å². The summed E-state index contributed by atoms with van der Waals surface area (Å²) in [5.74, 6) is -0.671. The molecule has 0 spiro atoms. The Morgan fingerprint density at radius 2 is 2.05 bits per heavy atom. The lowest BCUT2D eigenvalue weighted by molar-refractivity contribution is 0.567. The van der Waals surface area contributed by atoms with Crippen molar-refractivity contribution in [3.05, 3.63) is 41.6 Å². The molecule has 1 aromatic carbocycles. The van der Waals surface area contributed by atoms with Gasteiger partial charge in [0.25, 0.3) is 9.05 Å². The molecule has 0 bridgehead atoms. The highest BCUT2D eigenvalue weighted by Crippen LogP contribution is 2.33. The lowest BCUT2D eigenvalue weighted by Crippen LogP contribution is -1.98. The summed E-state index contributed by atoms with van der Waals surface area (Å²) < 4.78 is 37.2. The van der Waals surface area contributed by atoms with Crippen molar-refractivity contribution in [2.24, 2.45) is 0 Å². The lowest BCUT2D eigenvalue weighted by Gasteiger charge is -2.06. The highest BCUT2D eigenvalue weighted by Gasteiger charge is 2.20. The number of nitrogens with one attached hydrogen (secondary N) is 1. The van der Waals surface area contributed by atoms with E-state index in [1.807, 2.05) is 0 Å². The van der Waals surface area contributed by atoms with Gasteiger partial charge < -0.3 is 4.98 Å². The number of H-pyrrole nitrogens is 1. The maximum Gasteiger partial charge on any atom is 0.263 e. The molecule has 0 aliphatic rings. The monoisotopic (exact) mass is 333 g/mol. The Balaban J connectivity index is 2.38. The largest absolute Gasteiger partial charge is 0.358 e. The van der Waals surface area contributed by atoms with Crippen LogP contribution in [0.3, 0.4) is 0 Å². The lowest BCUT2D eigenvalue weighted by atomic mass is 10.2. The minimum atomic E-state index is -3.90. The maximum absolute atomic E-state index is 13.0. The Hall–Kier alpha value is -1.57. The van der Waals surface area contributed by atoms with Gasteiger partial charge in [-0.3, -0.25) is 0 Å². The first-order valence-corrected chi connectivity index (χ1v) is 8.02. The molecule has 0 atom stereocenters. The molecule has 20 heavy (non-hydrogen) atoms. The Bertz CT molecular complexity index is 917. The van der Waals surface area contributed by atoms with Crippen LogP contribution in [0.1, 0.15) is 0 Å². The molecule has 3 rings (SSSR count). The van der Waals surface area contributed by atoms with E-state index in [1.165, 1.54) is 29.2 Å². The first-order valence-electron chi connectivity index (χ1n) is 5.34. The third-order valence-electron chi connectivity index (χ3n) is 2.79. The maximum atomic E-state index is 13.0. The van der Waals surface area contributed by atoms with E-state index in [0.29, 0.717) is 21.6 Å². The van der Waals surface area contributed by atoms with Crippen LogP contribution in [0.2, 0.25) is 5.02 Å². The van der Waals surface area contributed by atoms with Crippen molar-refractivity contribution in [3.63, 3.8) is 0 Å². The number of halogens is 3. The molecule has 0 unspecified atom stereocenters. The van der Waals surface area contributed by atoms with E-state index in [9.17, 15) is 12.8 Å². The minimum Gasteiger partial charge on any atom is -0.358 e. The molecule has 9 heteroatoms. The fourth-order valence-electron chi connectivity index (χ4n) is 1.98. The van der Waals surface area contributed by atoms with Crippen molar-refractivity contribution in [3.8, 4) is 5.69 Å². The second-order valence-corrected chi connectivity index (χ2v) is 6.93. The fraction of sp³-hybridized carbons (Fsp3) is 0. The van der Waals surface area contributed by atoms with Crippen molar-refractivity contribution >= 4 is 42.2 Å². The van der Waals surface area contributed by atoms with Crippen LogP contribution in [-0.2, 0) is 9.05 Å². The average Bonchev–Trinajstić information content (AvgIpc) is 2.94. The minimum absolute atomic E-state index is 0.0697. The SMILES string of the molecule is O=S(=O)(Cl)c1c[nH]c2c(-n3ccc(F)n3)c(Cl)ccc12. The van der Waals surface area contributed by atoms with Gasteiger partial charge in [0.1, 0.15) is 10.6 Å². The number of fused-ring (bicyclic) bond motifs is 1. The molecule has 0 saturated carbocycles. The molecule has 0 fully saturated rings. The van der Waals surface area contributed by atoms with Gasteiger partial charge >= 0.3 is 0 Å². The normalized spacial score (nSPS) is 12.2. The van der Waals surface area contributed by atoms with Crippen molar-refractivity contribution < 1.29 is 12.8 Å². The number of nitrogens with zero attached hydrogens (tertiary/aromatic N) is 2. The van der Waals surface area contributed by atoms with E-state index in [-0.39, 0.29) is 4.90 Å². The van der Waals surface area contributed by atoms with Gasteiger partial charge in [0.15, 0.2) is 0 Å². The quantitative estimate of drug-likeness (QED) is 0.733. The average molecular weight is 334 g/mol. The molecular weight excluding hydrogens is 328 g/mol. The molecule has 0 radical (unpaired) electrons. The molecule has 1 N–H and O–H groups in total. The van der Waals surface area contributed by atoms with Crippen molar-refractivity contribution in [2.45, 2.75) is 4.90 Å². The Morgan fingerprint density at radius 1 is 1.30 bits per heavy atom. The number of rotatable bonds is 2. The Labute approximate surface area is 122 Å². The fourth-order valence-corrected chi connectivity index (χ4v) is 3.24. The van der Waals surface area contributed by atoms with Crippen LogP contribution in [0.15, 0.2) is 35.5 Å². The molecule has 0 saturated heterocycles. The van der Waals surface area contributed by atoms with Gasteiger partial charge in [0.05, 0.1) is 10.5 Å². The number of aromatic amines is 1. The Kier molecular flexibility index (Phi) is 3.00. The highest BCUT2D eigenvalue weighted by atomic mass is 35.7. The predicted molar refractivity (Wildman–Crippen MR) is 73.4 cm³/mol. The molecule has 2 heterocycles. The summed E-state index contributed by atoms with van der Waals surface area (Å²) in [6, 6.07) is 4.18. The zero-order valence-corrected chi connectivity index (χ0v) is 12.0. The molecule has 0 aliphatic heterocycles. The summed E-state index contributed by atoms with van der Waals surface area (Å²) in [6.45, 7) is 0. The zero-order valence-electron chi connectivity index (χ0n) is 9.64. The van der Waals surface area contributed by atoms with Gasteiger partial charge in [-0.25, -0.2) is 13.1 Å². The van der Waals surface area contributed by atoms with Crippen molar-refractivity contribution in [1.82, 2.24) is 14.8 Å². The topological polar surface area (TPSA) is 67.8 Å². The van der Waals surface area contributed by atoms with Crippen LogP contribution in [0.25, 0.3) is 16.6 Å². The van der Waals surface area contributed by atoms with Gasteiger partial charge in [0, 0.05) is 34.5 Å².